The molecule has 4 N–H and O–H groups in total. The van der Waals surface area contributed by atoms with Crippen LogP contribution in [0.2, 0.25) is 0 Å². The quantitative estimate of drug-likeness (QED) is 0.434. The molecule has 0 aliphatic carbocycles. The molecule has 0 unspecified atom stereocenters. The Morgan fingerprint density at radius 1 is 1.50 bits per heavy atom. The van der Waals surface area contributed by atoms with Crippen LogP contribution in [0, 0.1) is 5.82 Å². The summed E-state index contributed by atoms with van der Waals surface area (Å²) in [6.07, 6.45) is 0.709. The number of aliphatic hydroxyl groups excluding tert-OH is 1. The molecule has 0 amide bonds. The molecule has 0 bridgehead atoms. The second-order valence-electron chi connectivity index (χ2n) is 1.97. The number of nitrogens with one attached hydrogen (secondary N) is 2. The molecule has 1 rings (SSSR count). The maximum atomic E-state index is 12.0. The number of aromatic nitrogens is 2. The zero-order chi connectivity index (χ0) is 11.1. The summed E-state index contributed by atoms with van der Waals surface area (Å²) < 4.78 is 12.0. The number of hydrogen-bond acceptors (Lipinski definition) is 4. The molecule has 0 radical (unpaired) electrons. The smallest absolute Gasteiger partial charge is 0.329 e. The molecule has 0 aliphatic rings. The molecule has 0 spiro atoms. The molecule has 7 nitrogen and oxygen atoms in total. The van der Waals surface area contributed by atoms with Crippen LogP contribution in [0.5, 0.6) is 0 Å². The summed E-state index contributed by atoms with van der Waals surface area (Å²) in [5, 5.41) is 15.0. The van der Waals surface area contributed by atoms with Crippen LogP contribution in [0.25, 0.3) is 0 Å². The average molecular weight is 206 g/mol. The third kappa shape index (κ3) is 4.83. The lowest BCUT2D eigenvalue weighted by atomic mass is 10.6. The van der Waals surface area contributed by atoms with Crippen LogP contribution < -0.4 is 11.2 Å². The van der Waals surface area contributed by atoms with Crippen LogP contribution in [0.1, 0.15) is 0 Å². The molecule has 8 heteroatoms. The maximum Gasteiger partial charge on any atom is 0.329 e. The summed E-state index contributed by atoms with van der Waals surface area (Å²) in [4.78, 5) is 33.1. The molecule has 0 saturated heterocycles. The predicted molar refractivity (Wildman–Crippen MR) is 42.4 cm³/mol. The number of aliphatic hydroxyl groups is 1. The van der Waals surface area contributed by atoms with Gasteiger partial charge in [-0.15, -0.1) is 0 Å². The zero-order valence-corrected chi connectivity index (χ0v) is 6.78. The minimum Gasteiger partial charge on any atom is -0.480 e. The highest BCUT2D eigenvalue weighted by Crippen LogP contribution is 1.74. The van der Waals surface area contributed by atoms with Crippen LogP contribution in [-0.2, 0) is 4.79 Å². The number of carboxylic acid groups (broad SMARTS) is 1. The Balaban J connectivity index is 0.000000292. The lowest BCUT2D eigenvalue weighted by Crippen LogP contribution is -2.23. The van der Waals surface area contributed by atoms with Crippen molar-refractivity contribution in [2.45, 2.75) is 0 Å². The number of halogens is 1. The minimum atomic E-state index is -1.19. The average Bonchev–Trinajstić information content (AvgIpc) is 2.13. The Morgan fingerprint density at radius 2 is 2.00 bits per heavy atom. The summed E-state index contributed by atoms with van der Waals surface area (Å²) in [7, 11) is 0. The van der Waals surface area contributed by atoms with Gasteiger partial charge in [-0.05, 0) is 0 Å². The number of carbonyl (C=O) groups is 1. The Bertz CT molecular complexity index is 409. The highest BCUT2D eigenvalue weighted by atomic mass is 19.1. The molecule has 0 atom stereocenters. The van der Waals surface area contributed by atoms with E-state index in [1.807, 2.05) is 4.98 Å². The molecule has 1 aromatic rings. The third-order valence-electron chi connectivity index (χ3n) is 0.909. The maximum absolute atomic E-state index is 12.0. The first-order valence-corrected chi connectivity index (χ1v) is 3.27. The fourth-order valence-corrected chi connectivity index (χ4v) is 0.393. The van der Waals surface area contributed by atoms with Gasteiger partial charge in [0.25, 0.3) is 5.56 Å². The van der Waals surface area contributed by atoms with Crippen molar-refractivity contribution in [1.29, 1.82) is 0 Å². The van der Waals surface area contributed by atoms with Crippen molar-refractivity contribution in [3.8, 4) is 0 Å². The van der Waals surface area contributed by atoms with E-state index in [2.05, 4.69) is 0 Å². The molecule has 78 valence electrons. The molecular weight excluding hydrogens is 199 g/mol. The Kier molecular flexibility index (Phi) is 4.86. The summed E-state index contributed by atoms with van der Waals surface area (Å²) in [6, 6.07) is 0. The molecule has 0 aliphatic heterocycles. The van der Waals surface area contributed by atoms with E-state index in [1.54, 1.807) is 4.98 Å². The molecule has 1 aromatic heterocycles. The number of hydrogen-bond donors (Lipinski definition) is 4. The molecule has 14 heavy (non-hydrogen) atoms. The predicted octanol–water partition coefficient (Wildman–Crippen LogP) is -1.73. The topological polar surface area (TPSA) is 123 Å². The van der Waals surface area contributed by atoms with E-state index in [0.29, 0.717) is 6.20 Å². The second-order valence-corrected chi connectivity index (χ2v) is 1.97. The molecule has 0 saturated carbocycles. The monoisotopic (exact) mass is 206 g/mol. The lowest BCUT2D eigenvalue weighted by Gasteiger charge is -1.81. The van der Waals surface area contributed by atoms with E-state index in [0.717, 1.165) is 0 Å². The number of carboxylic acids is 1. The van der Waals surface area contributed by atoms with Crippen molar-refractivity contribution in [2.24, 2.45) is 0 Å². The van der Waals surface area contributed by atoms with E-state index in [-0.39, 0.29) is 0 Å². The van der Waals surface area contributed by atoms with Gasteiger partial charge < -0.3 is 15.2 Å². The molecular formula is C6H7FN2O5. The van der Waals surface area contributed by atoms with Gasteiger partial charge in [-0.25, -0.2) is 9.59 Å². The van der Waals surface area contributed by atoms with Crippen molar-refractivity contribution in [2.75, 3.05) is 6.61 Å². The first kappa shape index (κ1) is 12.0. The Hall–Kier alpha value is -1.96. The van der Waals surface area contributed by atoms with E-state index < -0.39 is 29.6 Å². The van der Waals surface area contributed by atoms with Gasteiger partial charge in [0.1, 0.15) is 6.61 Å². The molecule has 0 aromatic carbocycles. The normalized spacial score (nSPS) is 8.71. The van der Waals surface area contributed by atoms with Crippen LogP contribution in [0.15, 0.2) is 15.8 Å². The van der Waals surface area contributed by atoms with Crippen LogP contribution in [0.3, 0.4) is 0 Å². The van der Waals surface area contributed by atoms with Gasteiger partial charge in [0.15, 0.2) is 0 Å². The van der Waals surface area contributed by atoms with Crippen LogP contribution in [0.4, 0.5) is 4.39 Å². The van der Waals surface area contributed by atoms with Gasteiger partial charge in [-0.2, -0.15) is 4.39 Å². The van der Waals surface area contributed by atoms with Gasteiger partial charge >= 0.3 is 11.7 Å². The van der Waals surface area contributed by atoms with Crippen molar-refractivity contribution in [3.05, 3.63) is 32.9 Å². The largest absolute Gasteiger partial charge is 0.480 e. The van der Waals surface area contributed by atoms with Crippen molar-refractivity contribution in [3.63, 3.8) is 0 Å². The fourth-order valence-electron chi connectivity index (χ4n) is 0.393. The zero-order valence-electron chi connectivity index (χ0n) is 6.78. The van der Waals surface area contributed by atoms with E-state index in [9.17, 15) is 14.0 Å². The lowest BCUT2D eigenvalue weighted by molar-refractivity contribution is -0.140. The first-order valence-electron chi connectivity index (χ1n) is 3.27. The van der Waals surface area contributed by atoms with Crippen LogP contribution >= 0.6 is 0 Å². The van der Waals surface area contributed by atoms with Crippen LogP contribution in [-0.4, -0.2) is 32.8 Å². The Morgan fingerprint density at radius 3 is 2.29 bits per heavy atom. The number of rotatable bonds is 1. The van der Waals surface area contributed by atoms with Gasteiger partial charge in [0.2, 0.25) is 5.82 Å². The van der Waals surface area contributed by atoms with E-state index >= 15 is 0 Å². The van der Waals surface area contributed by atoms with E-state index in [1.165, 1.54) is 0 Å². The number of aliphatic carboxylic acids is 1. The van der Waals surface area contributed by atoms with Gasteiger partial charge in [0.05, 0.1) is 0 Å². The van der Waals surface area contributed by atoms with Gasteiger partial charge in [-0.1, -0.05) is 0 Å². The van der Waals surface area contributed by atoms with E-state index in [4.69, 9.17) is 15.0 Å². The van der Waals surface area contributed by atoms with Gasteiger partial charge in [-0.3, -0.25) is 9.78 Å². The highest BCUT2D eigenvalue weighted by Gasteiger charge is 1.93. The third-order valence-corrected chi connectivity index (χ3v) is 0.909. The summed E-state index contributed by atoms with van der Waals surface area (Å²) in [6.45, 7) is -0.778. The minimum absolute atomic E-state index is 0.707. The van der Waals surface area contributed by atoms with Gasteiger partial charge in [0, 0.05) is 6.20 Å². The molecule has 0 fully saturated rings. The summed E-state index contributed by atoms with van der Waals surface area (Å²) in [5.41, 5.74) is -1.71. The Labute approximate surface area is 75.8 Å². The van der Waals surface area contributed by atoms with Crippen molar-refractivity contribution in [1.82, 2.24) is 9.97 Å². The number of aromatic amines is 2. The SMILES string of the molecule is O=C(O)CO.O=c1[nH]cc(F)c(=O)[nH]1. The number of H-pyrrole nitrogens is 2. The highest BCUT2D eigenvalue weighted by molar-refractivity contribution is 5.67. The molecule has 1 heterocycles. The fraction of sp³-hybridized carbons (Fsp3) is 0.167. The van der Waals surface area contributed by atoms with Crippen molar-refractivity contribution >= 4 is 5.97 Å². The second kappa shape index (κ2) is 5.65. The summed E-state index contributed by atoms with van der Waals surface area (Å²) in [5.74, 6) is -2.18. The summed E-state index contributed by atoms with van der Waals surface area (Å²) >= 11 is 0. The first-order chi connectivity index (χ1) is 6.47. The standard InChI is InChI=1S/C4H3FN2O2.C2H4O3/c5-2-1-6-4(9)7-3(2)8;3-1-2(4)5/h1H,(H2,6,7,8,9);3H,1H2,(H,4,5). The van der Waals surface area contributed by atoms with Crippen molar-refractivity contribution < 1.29 is 19.4 Å².